The molecule has 0 unspecified atom stereocenters. The average molecular weight is 260 g/mol. The normalized spacial score (nSPS) is 10.4. The largest absolute Gasteiger partial charge is 0.439 e. The molecule has 2 rings (SSSR count). The van der Waals surface area contributed by atoms with E-state index in [1.807, 2.05) is 30.3 Å². The third-order valence-corrected chi connectivity index (χ3v) is 2.59. The third-order valence-electron chi connectivity index (χ3n) is 2.59. The molecule has 4 heteroatoms. The fraction of sp³-hybridized carbons (Fsp3) is 0.267. The van der Waals surface area contributed by atoms with Gasteiger partial charge in [0.2, 0.25) is 5.88 Å². The van der Waals surface area contributed by atoms with Gasteiger partial charge >= 0.3 is 0 Å². The summed E-state index contributed by atoms with van der Waals surface area (Å²) in [6, 6.07) is 10.8. The summed E-state index contributed by atoms with van der Waals surface area (Å²) >= 11 is 0. The van der Waals surface area contributed by atoms with Gasteiger partial charge in [0.25, 0.3) is 0 Å². The second-order valence-electron chi connectivity index (χ2n) is 4.21. The van der Waals surface area contributed by atoms with Crippen LogP contribution in [0, 0.1) is 5.82 Å². The van der Waals surface area contributed by atoms with Crippen LogP contribution in [-0.4, -0.2) is 11.5 Å². The van der Waals surface area contributed by atoms with E-state index in [1.54, 1.807) is 0 Å². The van der Waals surface area contributed by atoms with E-state index in [1.165, 1.54) is 12.3 Å². The molecule has 0 saturated heterocycles. The topological polar surface area (TPSA) is 34.2 Å². The Hall–Kier alpha value is -1.94. The zero-order valence-corrected chi connectivity index (χ0v) is 10.9. The maximum absolute atomic E-state index is 13.2. The number of benzene rings is 1. The Labute approximate surface area is 112 Å². The first-order chi connectivity index (χ1) is 9.29. The highest BCUT2D eigenvalue weighted by molar-refractivity contribution is 5.32. The molecule has 0 aliphatic heterocycles. The van der Waals surface area contributed by atoms with Crippen LogP contribution < -0.4 is 10.1 Å². The summed E-state index contributed by atoms with van der Waals surface area (Å²) in [6.45, 7) is 3.50. The SMILES string of the molecule is CCCNCc1cc(F)cnc1Oc1ccccc1. The number of hydrogen-bond acceptors (Lipinski definition) is 3. The quantitative estimate of drug-likeness (QED) is 0.807. The number of halogens is 1. The van der Waals surface area contributed by atoms with Crippen molar-refractivity contribution in [2.45, 2.75) is 19.9 Å². The van der Waals surface area contributed by atoms with Crippen LogP contribution in [0.5, 0.6) is 11.6 Å². The van der Waals surface area contributed by atoms with Crippen LogP contribution in [-0.2, 0) is 6.54 Å². The van der Waals surface area contributed by atoms with E-state index >= 15 is 0 Å². The maximum atomic E-state index is 13.2. The predicted molar refractivity (Wildman–Crippen MR) is 72.7 cm³/mol. The number of para-hydroxylation sites is 1. The van der Waals surface area contributed by atoms with Crippen LogP contribution in [0.25, 0.3) is 0 Å². The summed E-state index contributed by atoms with van der Waals surface area (Å²) < 4.78 is 18.9. The van der Waals surface area contributed by atoms with E-state index in [4.69, 9.17) is 4.74 Å². The molecule has 19 heavy (non-hydrogen) atoms. The van der Waals surface area contributed by atoms with Crippen LogP contribution in [0.3, 0.4) is 0 Å². The van der Waals surface area contributed by atoms with E-state index in [0.717, 1.165) is 18.5 Å². The van der Waals surface area contributed by atoms with E-state index < -0.39 is 0 Å². The van der Waals surface area contributed by atoms with E-state index in [0.29, 0.717) is 18.2 Å². The van der Waals surface area contributed by atoms with Crippen molar-refractivity contribution in [3.8, 4) is 11.6 Å². The van der Waals surface area contributed by atoms with Gasteiger partial charge in [0.05, 0.1) is 6.20 Å². The lowest BCUT2D eigenvalue weighted by Gasteiger charge is -2.10. The lowest BCUT2D eigenvalue weighted by Crippen LogP contribution is -2.15. The van der Waals surface area contributed by atoms with Crippen LogP contribution in [0.15, 0.2) is 42.6 Å². The van der Waals surface area contributed by atoms with E-state index in [2.05, 4.69) is 17.2 Å². The van der Waals surface area contributed by atoms with Crippen molar-refractivity contribution in [2.75, 3.05) is 6.54 Å². The Morgan fingerprint density at radius 3 is 2.79 bits per heavy atom. The minimum absolute atomic E-state index is 0.353. The maximum Gasteiger partial charge on any atom is 0.223 e. The number of nitrogens with zero attached hydrogens (tertiary/aromatic N) is 1. The fourth-order valence-electron chi connectivity index (χ4n) is 1.69. The van der Waals surface area contributed by atoms with Gasteiger partial charge in [0.15, 0.2) is 0 Å². The summed E-state index contributed by atoms with van der Waals surface area (Å²) in [4.78, 5) is 4.02. The van der Waals surface area contributed by atoms with Gasteiger partial charge in [-0.25, -0.2) is 9.37 Å². The number of aromatic nitrogens is 1. The standard InChI is InChI=1S/C15H17FN2O/c1-2-8-17-10-12-9-13(16)11-18-15(12)19-14-6-4-3-5-7-14/h3-7,9,11,17H,2,8,10H2,1H3. The van der Waals surface area contributed by atoms with Gasteiger partial charge in [-0.1, -0.05) is 25.1 Å². The number of hydrogen-bond donors (Lipinski definition) is 1. The molecule has 1 aromatic carbocycles. The molecular formula is C15H17FN2O. The zero-order chi connectivity index (χ0) is 13.5. The van der Waals surface area contributed by atoms with Crippen molar-refractivity contribution in [3.05, 3.63) is 54.0 Å². The van der Waals surface area contributed by atoms with Crippen molar-refractivity contribution in [1.29, 1.82) is 0 Å². The fourth-order valence-corrected chi connectivity index (χ4v) is 1.69. The molecule has 0 amide bonds. The Morgan fingerprint density at radius 1 is 1.26 bits per heavy atom. The van der Waals surface area contributed by atoms with E-state index in [-0.39, 0.29) is 5.82 Å². The molecule has 0 atom stereocenters. The Kier molecular flexibility index (Phi) is 4.86. The molecule has 100 valence electrons. The summed E-state index contributed by atoms with van der Waals surface area (Å²) in [6.07, 6.45) is 2.19. The van der Waals surface area contributed by atoms with Crippen molar-refractivity contribution < 1.29 is 9.13 Å². The highest BCUT2D eigenvalue weighted by Crippen LogP contribution is 2.23. The summed E-state index contributed by atoms with van der Waals surface area (Å²) in [5.41, 5.74) is 0.720. The minimum atomic E-state index is -0.353. The van der Waals surface area contributed by atoms with Gasteiger partial charge in [-0.15, -0.1) is 0 Å². The molecule has 0 saturated carbocycles. The number of ether oxygens (including phenoxy) is 1. The second-order valence-corrected chi connectivity index (χ2v) is 4.21. The third kappa shape index (κ3) is 4.03. The van der Waals surface area contributed by atoms with Gasteiger partial charge < -0.3 is 10.1 Å². The molecule has 0 aliphatic rings. The lowest BCUT2D eigenvalue weighted by atomic mass is 10.2. The van der Waals surface area contributed by atoms with Gasteiger partial charge in [-0.2, -0.15) is 0 Å². The average Bonchev–Trinajstić information content (AvgIpc) is 2.43. The van der Waals surface area contributed by atoms with Crippen molar-refractivity contribution in [2.24, 2.45) is 0 Å². The zero-order valence-electron chi connectivity index (χ0n) is 10.9. The Bertz CT molecular complexity index is 517. The minimum Gasteiger partial charge on any atom is -0.439 e. The molecule has 0 radical (unpaired) electrons. The molecule has 0 spiro atoms. The van der Waals surface area contributed by atoms with Gasteiger partial charge in [0.1, 0.15) is 11.6 Å². The number of pyridine rings is 1. The molecule has 1 aromatic heterocycles. The highest BCUT2D eigenvalue weighted by atomic mass is 19.1. The molecule has 0 fully saturated rings. The molecule has 2 aromatic rings. The first-order valence-electron chi connectivity index (χ1n) is 6.37. The van der Waals surface area contributed by atoms with Crippen molar-refractivity contribution >= 4 is 0 Å². The predicted octanol–water partition coefficient (Wildman–Crippen LogP) is 3.51. The Morgan fingerprint density at radius 2 is 2.05 bits per heavy atom. The lowest BCUT2D eigenvalue weighted by molar-refractivity contribution is 0.448. The summed E-state index contributed by atoms with van der Waals surface area (Å²) in [7, 11) is 0. The number of nitrogens with one attached hydrogen (secondary N) is 1. The molecule has 3 nitrogen and oxygen atoms in total. The highest BCUT2D eigenvalue weighted by Gasteiger charge is 2.08. The molecular weight excluding hydrogens is 243 g/mol. The summed E-state index contributed by atoms with van der Waals surface area (Å²) in [5.74, 6) is 0.781. The first-order valence-corrected chi connectivity index (χ1v) is 6.37. The molecule has 1 heterocycles. The van der Waals surface area contributed by atoms with Crippen LogP contribution in [0.4, 0.5) is 4.39 Å². The molecule has 1 N–H and O–H groups in total. The molecule has 0 aliphatic carbocycles. The smallest absolute Gasteiger partial charge is 0.223 e. The van der Waals surface area contributed by atoms with Gasteiger partial charge in [0, 0.05) is 12.1 Å². The number of rotatable bonds is 6. The van der Waals surface area contributed by atoms with Crippen LogP contribution >= 0.6 is 0 Å². The van der Waals surface area contributed by atoms with Crippen molar-refractivity contribution in [1.82, 2.24) is 10.3 Å². The van der Waals surface area contributed by atoms with Gasteiger partial charge in [-0.05, 0) is 31.2 Å². The van der Waals surface area contributed by atoms with Crippen LogP contribution in [0.1, 0.15) is 18.9 Å². The molecule has 0 bridgehead atoms. The van der Waals surface area contributed by atoms with Gasteiger partial charge in [-0.3, -0.25) is 0 Å². The summed E-state index contributed by atoms with van der Waals surface area (Å²) in [5, 5.41) is 3.22. The second kappa shape index (κ2) is 6.85. The first kappa shape index (κ1) is 13.5. The Balaban J connectivity index is 2.14. The monoisotopic (exact) mass is 260 g/mol. The van der Waals surface area contributed by atoms with Crippen molar-refractivity contribution in [3.63, 3.8) is 0 Å². The van der Waals surface area contributed by atoms with E-state index in [9.17, 15) is 4.39 Å². The van der Waals surface area contributed by atoms with Crippen LogP contribution in [0.2, 0.25) is 0 Å².